The molecule has 0 bridgehead atoms. The van der Waals surface area contributed by atoms with Crippen molar-refractivity contribution in [2.45, 2.75) is 40.2 Å². The molecule has 0 saturated carbocycles. The van der Waals surface area contributed by atoms with Crippen LogP contribution in [0.4, 0.5) is 11.5 Å². The lowest BCUT2D eigenvalue weighted by molar-refractivity contribution is -0.141. The van der Waals surface area contributed by atoms with Gasteiger partial charge in [0.1, 0.15) is 17.3 Å². The number of nitrogens with zero attached hydrogens (tertiary/aromatic N) is 2. The number of nitrogens with two attached hydrogens (primary N) is 1. The van der Waals surface area contributed by atoms with Crippen molar-refractivity contribution in [2.24, 2.45) is 11.0 Å². The van der Waals surface area contributed by atoms with E-state index in [1.807, 2.05) is 51.1 Å². The summed E-state index contributed by atoms with van der Waals surface area (Å²) in [5, 5.41) is 12.5. The van der Waals surface area contributed by atoms with Crippen molar-refractivity contribution < 1.29 is 19.4 Å². The van der Waals surface area contributed by atoms with Crippen LogP contribution in [0.15, 0.2) is 46.3 Å². The number of carboxylic acid groups (broad SMARTS) is 1. The van der Waals surface area contributed by atoms with Crippen LogP contribution in [-0.4, -0.2) is 33.8 Å². The first-order chi connectivity index (χ1) is 16.6. The van der Waals surface area contributed by atoms with Crippen molar-refractivity contribution in [1.82, 2.24) is 9.97 Å². The Balaban J connectivity index is 2.08. The molecule has 35 heavy (non-hydrogen) atoms. The van der Waals surface area contributed by atoms with Gasteiger partial charge in [0.15, 0.2) is 11.5 Å². The van der Waals surface area contributed by atoms with Crippen molar-refractivity contribution in [2.75, 3.05) is 12.3 Å². The molecule has 2 aromatic carbocycles. The van der Waals surface area contributed by atoms with Gasteiger partial charge in [0, 0.05) is 0 Å². The van der Waals surface area contributed by atoms with Crippen molar-refractivity contribution >= 4 is 17.5 Å². The van der Waals surface area contributed by atoms with E-state index in [-0.39, 0.29) is 23.4 Å². The minimum atomic E-state index is -0.876. The second kappa shape index (κ2) is 10.8. The first kappa shape index (κ1) is 25.4. The highest BCUT2D eigenvalue weighted by atomic mass is 16.5. The van der Waals surface area contributed by atoms with Crippen LogP contribution in [-0.2, 0) is 11.2 Å². The van der Waals surface area contributed by atoms with Gasteiger partial charge in [-0.1, -0.05) is 19.1 Å². The lowest BCUT2D eigenvalue weighted by Crippen LogP contribution is -2.14. The van der Waals surface area contributed by atoms with Gasteiger partial charge < -0.3 is 25.3 Å². The lowest BCUT2D eigenvalue weighted by Gasteiger charge is -2.18. The van der Waals surface area contributed by atoms with Gasteiger partial charge >= 0.3 is 5.97 Å². The Bertz CT molecular complexity index is 1300. The fourth-order valence-corrected chi connectivity index (χ4v) is 3.60. The summed E-state index contributed by atoms with van der Waals surface area (Å²) in [4.78, 5) is 30.5. The van der Waals surface area contributed by atoms with E-state index in [4.69, 9.17) is 20.7 Å². The monoisotopic (exact) mass is 479 g/mol. The summed E-state index contributed by atoms with van der Waals surface area (Å²) in [6.45, 7) is 7.71. The molecule has 0 amide bonds. The van der Waals surface area contributed by atoms with E-state index in [9.17, 15) is 14.7 Å². The molecule has 0 aliphatic rings. The number of nitrogen functional groups attached to an aromatic ring is 1. The Hall–Kier alpha value is -4.21. The lowest BCUT2D eigenvalue weighted by atomic mass is 9.95. The maximum atomic E-state index is 12.2. The third-order valence-electron chi connectivity index (χ3n) is 5.27. The maximum absolute atomic E-state index is 12.2. The van der Waals surface area contributed by atoms with Crippen molar-refractivity contribution in [1.29, 1.82) is 5.53 Å². The van der Waals surface area contributed by atoms with Gasteiger partial charge in [-0.15, -0.1) is 5.11 Å². The number of rotatable bonds is 10. The van der Waals surface area contributed by atoms with E-state index >= 15 is 0 Å². The highest BCUT2D eigenvalue weighted by Gasteiger charge is 2.18. The van der Waals surface area contributed by atoms with E-state index in [0.29, 0.717) is 30.1 Å². The van der Waals surface area contributed by atoms with Crippen LogP contribution >= 0.6 is 0 Å². The molecule has 1 atom stereocenters. The average Bonchev–Trinajstić information content (AvgIpc) is 2.79. The number of aromatic amines is 1. The predicted molar refractivity (Wildman–Crippen MR) is 132 cm³/mol. The minimum absolute atomic E-state index is 0.0556. The van der Waals surface area contributed by atoms with Gasteiger partial charge in [0.2, 0.25) is 0 Å². The number of carboxylic acids is 1. The zero-order valence-corrected chi connectivity index (χ0v) is 20.1. The Morgan fingerprint density at radius 1 is 1.17 bits per heavy atom. The van der Waals surface area contributed by atoms with E-state index < -0.39 is 17.4 Å². The molecule has 1 unspecified atom stereocenters. The third kappa shape index (κ3) is 5.84. The topological polar surface area (TPSA) is 164 Å². The van der Waals surface area contributed by atoms with E-state index in [1.165, 1.54) is 0 Å². The van der Waals surface area contributed by atoms with Crippen LogP contribution in [0.2, 0.25) is 0 Å². The Morgan fingerprint density at radius 2 is 1.86 bits per heavy atom. The van der Waals surface area contributed by atoms with Gasteiger partial charge in [-0.05, 0) is 68.1 Å². The molecule has 0 aliphatic carbocycles. The molecule has 3 rings (SSSR count). The number of ether oxygens (including phenoxy) is 2. The summed E-state index contributed by atoms with van der Waals surface area (Å²) in [6.07, 6.45) is 0.263. The summed E-state index contributed by atoms with van der Waals surface area (Å²) in [7, 11) is 0. The summed E-state index contributed by atoms with van der Waals surface area (Å²) in [5.41, 5.74) is 15.0. The molecule has 10 heteroatoms. The Labute approximate surface area is 202 Å². The number of nitrogens with one attached hydrogen (secondary N) is 2. The smallest absolute Gasteiger partial charge is 0.306 e. The van der Waals surface area contributed by atoms with E-state index in [0.717, 1.165) is 16.7 Å². The van der Waals surface area contributed by atoms with Crippen molar-refractivity contribution in [3.8, 4) is 34.0 Å². The highest BCUT2D eigenvalue weighted by Crippen LogP contribution is 2.35. The predicted octanol–water partition coefficient (Wildman–Crippen LogP) is 4.80. The molecule has 10 nitrogen and oxygen atoms in total. The molecule has 0 aliphatic heterocycles. The Kier molecular flexibility index (Phi) is 7.85. The van der Waals surface area contributed by atoms with Gasteiger partial charge in [-0.25, -0.2) is 10.5 Å². The zero-order chi connectivity index (χ0) is 25.7. The molecule has 5 N–H and O–H groups in total. The van der Waals surface area contributed by atoms with Gasteiger partial charge in [-0.2, -0.15) is 0 Å². The fraction of sp³-hybridized carbons (Fsp3) is 0.320. The van der Waals surface area contributed by atoms with Crippen LogP contribution in [0.5, 0.6) is 11.5 Å². The largest absolute Gasteiger partial charge is 0.493 e. The summed E-state index contributed by atoms with van der Waals surface area (Å²) < 4.78 is 11.7. The molecule has 184 valence electrons. The quantitative estimate of drug-likeness (QED) is 0.303. The number of aromatic nitrogens is 2. The molecule has 0 fully saturated rings. The minimum Gasteiger partial charge on any atom is -0.493 e. The molecule has 1 aromatic heterocycles. The van der Waals surface area contributed by atoms with Crippen LogP contribution < -0.4 is 20.8 Å². The number of aliphatic carboxylic acids is 1. The van der Waals surface area contributed by atoms with Crippen LogP contribution in [0.1, 0.15) is 33.3 Å². The third-order valence-corrected chi connectivity index (χ3v) is 5.27. The summed E-state index contributed by atoms with van der Waals surface area (Å²) in [5.74, 6) is -0.275. The van der Waals surface area contributed by atoms with E-state index in [2.05, 4.69) is 15.1 Å². The number of hydrogen-bond acceptors (Lipinski definition) is 8. The van der Waals surface area contributed by atoms with E-state index in [1.54, 1.807) is 13.0 Å². The van der Waals surface area contributed by atoms with Crippen molar-refractivity contribution in [3.63, 3.8) is 0 Å². The molecule has 0 radical (unpaired) electrons. The number of anilines is 1. The molecular formula is C25H29N5O5. The normalized spacial score (nSPS) is 11.8. The van der Waals surface area contributed by atoms with Crippen molar-refractivity contribution in [3.05, 3.63) is 52.3 Å². The molecule has 0 spiro atoms. The van der Waals surface area contributed by atoms with Gasteiger partial charge in [-0.3, -0.25) is 9.59 Å². The van der Waals surface area contributed by atoms with Crippen LogP contribution in [0.3, 0.4) is 0 Å². The van der Waals surface area contributed by atoms with Crippen LogP contribution in [0.25, 0.3) is 22.5 Å². The second-order valence-corrected chi connectivity index (χ2v) is 8.34. The first-order valence-electron chi connectivity index (χ1n) is 11.2. The fourth-order valence-electron chi connectivity index (χ4n) is 3.60. The molecule has 3 aromatic rings. The molecule has 1 heterocycles. The standard InChI is InChI=1S/C25H29N5O5/c1-5-34-20-12-16(6-8-18(20)23-28-22(26)21(30-27)24(31)29-23)15-7-9-19(35-13(2)3)17(11-15)10-14(4)25(32)33/h6-9,11-14,27H,5,10H2,1-4H3,(H,32,33)(H3,26,28,29,31). The first-order valence-corrected chi connectivity index (χ1v) is 11.2. The second-order valence-electron chi connectivity index (χ2n) is 8.34. The Morgan fingerprint density at radius 3 is 2.46 bits per heavy atom. The van der Waals surface area contributed by atoms with Crippen LogP contribution in [0, 0.1) is 11.4 Å². The SMILES string of the molecule is CCOc1cc(-c2ccc(OC(C)C)c(CC(C)C(=O)O)c2)ccc1-c1nc(N)c(N=N)c(=O)[nH]1. The number of carbonyl (C=O) groups is 1. The molecular weight excluding hydrogens is 450 g/mol. The molecule has 0 saturated heterocycles. The summed E-state index contributed by atoms with van der Waals surface area (Å²) >= 11 is 0. The average molecular weight is 480 g/mol. The van der Waals surface area contributed by atoms with Gasteiger partial charge in [0.25, 0.3) is 5.56 Å². The number of hydrogen-bond donors (Lipinski definition) is 4. The highest BCUT2D eigenvalue weighted by molar-refractivity contribution is 5.76. The summed E-state index contributed by atoms with van der Waals surface area (Å²) in [6, 6.07) is 11.1. The zero-order valence-electron chi connectivity index (χ0n) is 20.1. The van der Waals surface area contributed by atoms with Gasteiger partial charge in [0.05, 0.1) is 24.2 Å². The number of H-pyrrole nitrogens is 1. The maximum Gasteiger partial charge on any atom is 0.306 e. The number of benzene rings is 2.